The first-order valence-electron chi connectivity index (χ1n) is 17.3. The van der Waals surface area contributed by atoms with Gasteiger partial charge in [0.1, 0.15) is 0 Å². The molecule has 6 aromatic rings. The van der Waals surface area contributed by atoms with Crippen molar-refractivity contribution in [3.63, 3.8) is 0 Å². The fourth-order valence-corrected chi connectivity index (χ4v) is 15.9. The predicted molar refractivity (Wildman–Crippen MR) is 214 cm³/mol. The number of para-hydroxylation sites is 6. The van der Waals surface area contributed by atoms with Crippen LogP contribution in [-0.4, -0.2) is 22.1 Å². The second-order valence-electron chi connectivity index (χ2n) is 11.8. The summed E-state index contributed by atoms with van der Waals surface area (Å²) in [5.74, 6) is 2.84. The van der Waals surface area contributed by atoms with Crippen molar-refractivity contribution in [3.8, 4) is 34.5 Å². The van der Waals surface area contributed by atoms with Gasteiger partial charge >= 0.3 is 313 Å². The number of benzene rings is 6. The maximum absolute atomic E-state index is 7.49. The predicted octanol–water partition coefficient (Wildman–Crippen LogP) is 11.3. The van der Waals surface area contributed by atoms with E-state index in [2.05, 4.69) is 0 Å². The number of nitrogens with zero attached hydrogens (tertiary/aromatic N) is 3. The van der Waals surface area contributed by atoms with Crippen molar-refractivity contribution in [2.24, 2.45) is 10.2 Å². The molecule has 0 saturated carbocycles. The Labute approximate surface area is 312 Å². The first-order chi connectivity index (χ1) is 26.1. The average Bonchev–Trinajstić information content (AvgIpc) is 3.20. The summed E-state index contributed by atoms with van der Waals surface area (Å²) < 4.78 is 45.5. The van der Waals surface area contributed by atoms with Crippen molar-refractivity contribution in [3.05, 3.63) is 182 Å². The van der Waals surface area contributed by atoms with E-state index in [4.69, 9.17) is 37.7 Å². The number of unbranched alkanes of at least 4 members (excludes halogenated alkanes) is 1. The standard InChI is InChI=1S/C40H41N4O6P3/c41-33-19-20-34-43-51-42-52(46-36-23-9-2-10-24-36,47-37-25-11-3-12-26-37)44(45-35-21-7-1-8-22-35)53(43,48-38-27-13-4-14-28-38,49-39-29-15-5-16-30-39)50-40-31-17-6-18-32-40/h1-18,21-32,51H,19-20,33-34,41H2. The van der Waals surface area contributed by atoms with Crippen LogP contribution in [0.5, 0.6) is 34.5 Å². The summed E-state index contributed by atoms with van der Waals surface area (Å²) >= 11 is 0. The molecule has 13 heteroatoms. The molecule has 0 aromatic heterocycles. The molecular formula is C40H41N4O6P3. The van der Waals surface area contributed by atoms with Gasteiger partial charge in [-0.05, 0) is 0 Å². The number of nitrogens with two attached hydrogens (primary N) is 1. The van der Waals surface area contributed by atoms with Crippen LogP contribution >= 0.6 is 24.1 Å². The molecule has 0 amide bonds. The average molecular weight is 767 g/mol. The molecule has 1 heterocycles. The Kier molecular flexibility index (Phi) is 11.6. The van der Waals surface area contributed by atoms with E-state index in [0.717, 1.165) is 6.42 Å². The van der Waals surface area contributed by atoms with E-state index in [1.54, 1.807) is 4.60 Å². The molecule has 0 radical (unpaired) electrons. The Morgan fingerprint density at radius 3 is 1.23 bits per heavy atom. The van der Waals surface area contributed by atoms with E-state index in [1.807, 2.05) is 186 Å². The van der Waals surface area contributed by atoms with Gasteiger partial charge in [0.2, 0.25) is 0 Å². The summed E-state index contributed by atoms with van der Waals surface area (Å²) in [7, 11) is -9.58. The van der Waals surface area contributed by atoms with Crippen molar-refractivity contribution in [2.75, 3.05) is 13.1 Å². The third-order valence-corrected chi connectivity index (χ3v) is 17.2. The Bertz CT molecular complexity index is 1920. The summed E-state index contributed by atoms with van der Waals surface area (Å²) in [4.78, 5) is 7.15. The van der Waals surface area contributed by atoms with Gasteiger partial charge in [-0.3, -0.25) is 0 Å². The zero-order chi connectivity index (χ0) is 36.3. The fraction of sp³-hybridized carbons (Fsp3) is 0.100. The molecule has 1 aliphatic rings. The quantitative estimate of drug-likeness (QED) is 0.0762. The van der Waals surface area contributed by atoms with E-state index in [0.29, 0.717) is 54.0 Å². The molecule has 7 rings (SSSR count). The Balaban J connectivity index is 1.60. The molecule has 1 aliphatic heterocycles. The number of rotatable bonds is 16. The van der Waals surface area contributed by atoms with E-state index in [1.165, 1.54) is 0 Å². The second kappa shape index (κ2) is 16.8. The molecule has 272 valence electrons. The summed E-state index contributed by atoms with van der Waals surface area (Å²) in [6.07, 6.45) is 1.41. The molecule has 53 heavy (non-hydrogen) atoms. The van der Waals surface area contributed by atoms with Crippen LogP contribution in [0, 0.1) is 0 Å². The summed E-state index contributed by atoms with van der Waals surface area (Å²) in [5, 5.41) is 0. The van der Waals surface area contributed by atoms with Crippen molar-refractivity contribution in [1.82, 2.24) is 9.05 Å². The normalized spacial score (nSPS) is 17.3. The Morgan fingerprint density at radius 2 is 0.849 bits per heavy atom. The molecule has 6 aromatic carbocycles. The first-order valence-corrected chi connectivity index (χ1v) is 21.6. The zero-order valence-electron chi connectivity index (χ0n) is 28.9. The van der Waals surface area contributed by atoms with Crippen LogP contribution in [0.15, 0.2) is 187 Å². The molecule has 1 unspecified atom stereocenters. The van der Waals surface area contributed by atoms with Gasteiger partial charge in [0.25, 0.3) is 0 Å². The van der Waals surface area contributed by atoms with Crippen LogP contribution in [0.3, 0.4) is 0 Å². The van der Waals surface area contributed by atoms with Gasteiger partial charge in [-0.2, -0.15) is 0 Å². The first kappa shape index (κ1) is 36.4. The molecule has 0 aliphatic carbocycles. The number of hydrogen-bond donors (Lipinski definition) is 1. The van der Waals surface area contributed by atoms with Crippen LogP contribution in [0.25, 0.3) is 0 Å². The van der Waals surface area contributed by atoms with Crippen molar-refractivity contribution >= 4 is 24.1 Å². The van der Waals surface area contributed by atoms with E-state index in [-0.39, 0.29) is 8.88 Å². The van der Waals surface area contributed by atoms with Gasteiger partial charge in [0.05, 0.1) is 0 Å². The summed E-state index contributed by atoms with van der Waals surface area (Å²) in [6.45, 7) is 0.910. The van der Waals surface area contributed by atoms with Crippen LogP contribution in [0.2, 0.25) is 0 Å². The molecular weight excluding hydrogens is 725 g/mol. The molecule has 0 spiro atoms. The van der Waals surface area contributed by atoms with Gasteiger partial charge in [0, 0.05) is 0 Å². The van der Waals surface area contributed by atoms with Gasteiger partial charge in [0.15, 0.2) is 0 Å². The van der Waals surface area contributed by atoms with Crippen molar-refractivity contribution in [1.29, 1.82) is 0 Å². The molecule has 0 bridgehead atoms. The van der Waals surface area contributed by atoms with Crippen LogP contribution in [0.1, 0.15) is 12.8 Å². The van der Waals surface area contributed by atoms with Crippen LogP contribution in [0.4, 0.5) is 0 Å². The monoisotopic (exact) mass is 766 g/mol. The summed E-state index contributed by atoms with van der Waals surface area (Å²) in [6, 6.07) is 56.5. The molecule has 10 nitrogen and oxygen atoms in total. The Morgan fingerprint density at radius 1 is 0.491 bits per heavy atom. The van der Waals surface area contributed by atoms with Crippen LogP contribution in [-0.2, 0) is 0 Å². The second-order valence-corrected chi connectivity index (χ2v) is 18.7. The van der Waals surface area contributed by atoms with Gasteiger partial charge in [-0.15, -0.1) is 0 Å². The maximum atomic E-state index is 7.49. The zero-order valence-corrected chi connectivity index (χ0v) is 31.7. The minimum atomic E-state index is -5.32. The molecule has 0 fully saturated rings. The van der Waals surface area contributed by atoms with E-state index >= 15 is 0 Å². The fourth-order valence-electron chi connectivity index (χ4n) is 5.48. The minimum absolute atomic E-state index is 0.339. The van der Waals surface area contributed by atoms with E-state index < -0.39 is 15.2 Å². The Hall–Kier alpha value is -4.91. The van der Waals surface area contributed by atoms with Crippen LogP contribution < -0.4 is 33.2 Å². The molecule has 1 atom stereocenters. The van der Waals surface area contributed by atoms with E-state index in [9.17, 15) is 0 Å². The third-order valence-electron chi connectivity index (χ3n) is 7.90. The third kappa shape index (κ3) is 8.19. The van der Waals surface area contributed by atoms with Gasteiger partial charge < -0.3 is 0 Å². The SMILES string of the molecule is NCCCCN1PN=P(Oc2ccccc2)(Oc2ccccc2)N(Oc2ccccc2)P1(Oc1ccccc1)(Oc1ccccc1)Oc1ccccc1. The van der Waals surface area contributed by atoms with Gasteiger partial charge in [-0.25, -0.2) is 0 Å². The van der Waals surface area contributed by atoms with Gasteiger partial charge in [-0.1, -0.05) is 0 Å². The molecule has 2 N–H and O–H groups in total. The van der Waals surface area contributed by atoms with Crippen molar-refractivity contribution in [2.45, 2.75) is 12.8 Å². The molecule has 0 saturated heterocycles. The summed E-state index contributed by atoms with van der Waals surface area (Å²) in [5.41, 5.74) is 6.07. The van der Waals surface area contributed by atoms with Crippen molar-refractivity contribution < 1.29 is 27.5 Å². The topological polar surface area (TPSA) is 100 Å². The number of hydrogen-bond acceptors (Lipinski definition) is 10.